The third-order valence-electron chi connectivity index (χ3n) is 11.7. The van der Waals surface area contributed by atoms with E-state index in [0.717, 1.165) is 32.1 Å². The normalized spacial score (nSPS) is 21.9. The molecular formula is C49H91NO10. The molecule has 0 aliphatic carbocycles. The van der Waals surface area contributed by atoms with Crippen molar-refractivity contribution in [3.8, 4) is 0 Å². The van der Waals surface area contributed by atoms with Crippen LogP contribution in [-0.4, -0.2) is 110 Å². The second-order valence-electron chi connectivity index (χ2n) is 17.2. The molecule has 0 spiro atoms. The summed E-state index contributed by atoms with van der Waals surface area (Å²) in [4.78, 5) is 13.0. The smallest absolute Gasteiger partial charge is 0.249 e. The number of aliphatic hydroxyl groups excluding tert-OH is 7. The fraction of sp³-hybridized carbons (Fsp3) is 0.857. The Morgan fingerprint density at radius 1 is 0.600 bits per heavy atom. The molecule has 1 amide bonds. The zero-order valence-corrected chi connectivity index (χ0v) is 37.9. The summed E-state index contributed by atoms with van der Waals surface area (Å²) in [5, 5.41) is 75.3. The lowest BCUT2D eigenvalue weighted by molar-refractivity contribution is -0.303. The van der Waals surface area contributed by atoms with Crippen LogP contribution in [-0.2, 0) is 14.3 Å². The van der Waals surface area contributed by atoms with Gasteiger partial charge in [-0.1, -0.05) is 165 Å². The maximum atomic E-state index is 13.0. The van der Waals surface area contributed by atoms with Gasteiger partial charge in [0.05, 0.1) is 25.4 Å². The number of hydrogen-bond donors (Lipinski definition) is 8. The lowest BCUT2D eigenvalue weighted by Crippen LogP contribution is -2.60. The quantitative estimate of drug-likeness (QED) is 0.0220. The molecule has 8 N–H and O–H groups in total. The zero-order valence-electron chi connectivity index (χ0n) is 37.9. The highest BCUT2D eigenvalue weighted by Gasteiger charge is 2.44. The first kappa shape index (κ1) is 56.3. The standard InChI is InChI=1S/C49H91NO10/c1-3-5-7-9-11-13-14-15-16-17-18-19-20-21-22-23-24-25-26-27-28-29-31-33-35-37-42(53)48(58)50-40(39-59-49-47(57)46(56)45(55)43(38-51)60-49)44(54)41(52)36-34-32-30-12-10-8-6-4-2/h4,6,12,21-22,30,40-47,49,51-57H,3,5,7-11,13-20,23-29,31-39H2,1-2H3,(H,50,58)/b6-4+,22-21-,30-12+. The largest absolute Gasteiger partial charge is 0.394 e. The van der Waals surface area contributed by atoms with Crippen LogP contribution in [0.4, 0.5) is 0 Å². The predicted octanol–water partition coefficient (Wildman–Crippen LogP) is 8.39. The van der Waals surface area contributed by atoms with Crippen LogP contribution in [0.15, 0.2) is 36.5 Å². The van der Waals surface area contributed by atoms with Crippen molar-refractivity contribution in [1.82, 2.24) is 5.32 Å². The van der Waals surface area contributed by atoms with Gasteiger partial charge in [-0.15, -0.1) is 0 Å². The number of carbonyl (C=O) groups excluding carboxylic acids is 1. The van der Waals surface area contributed by atoms with Crippen LogP contribution in [0.1, 0.15) is 200 Å². The van der Waals surface area contributed by atoms with Crippen molar-refractivity contribution in [3.05, 3.63) is 36.5 Å². The fourth-order valence-electron chi connectivity index (χ4n) is 7.69. The molecule has 1 fully saturated rings. The molecule has 11 heteroatoms. The SMILES string of the molecule is C/C=C/CC/C=C/CCCC(O)C(O)C(COC1OC(CO)C(O)C(O)C1O)NC(=O)C(O)CCCCCCCCCCC/C=C\CCCCCCCCCCCCCC. The van der Waals surface area contributed by atoms with Gasteiger partial charge in [-0.3, -0.25) is 4.79 Å². The Hall–Kier alpha value is -1.67. The van der Waals surface area contributed by atoms with Gasteiger partial charge in [0.1, 0.15) is 36.6 Å². The topological polar surface area (TPSA) is 189 Å². The van der Waals surface area contributed by atoms with E-state index in [1.807, 2.05) is 19.1 Å². The van der Waals surface area contributed by atoms with Crippen LogP contribution >= 0.6 is 0 Å². The first-order valence-corrected chi connectivity index (χ1v) is 24.4. The lowest BCUT2D eigenvalue weighted by Gasteiger charge is -2.40. The van der Waals surface area contributed by atoms with Gasteiger partial charge in [0, 0.05) is 0 Å². The van der Waals surface area contributed by atoms with E-state index >= 15 is 0 Å². The van der Waals surface area contributed by atoms with Crippen LogP contribution in [0.2, 0.25) is 0 Å². The van der Waals surface area contributed by atoms with E-state index in [0.29, 0.717) is 19.3 Å². The Morgan fingerprint density at radius 2 is 1.07 bits per heavy atom. The average molecular weight is 854 g/mol. The monoisotopic (exact) mass is 854 g/mol. The van der Waals surface area contributed by atoms with Gasteiger partial charge in [-0.05, 0) is 71.1 Å². The third kappa shape index (κ3) is 28.1. The van der Waals surface area contributed by atoms with Crippen molar-refractivity contribution in [2.75, 3.05) is 13.2 Å². The summed E-state index contributed by atoms with van der Waals surface area (Å²) >= 11 is 0. The Balaban J connectivity index is 2.29. The summed E-state index contributed by atoms with van der Waals surface area (Å²) in [6.45, 7) is 3.17. The molecule has 1 rings (SSSR count). The van der Waals surface area contributed by atoms with Gasteiger partial charge >= 0.3 is 0 Å². The molecule has 0 aromatic heterocycles. The molecule has 9 atom stereocenters. The number of ether oxygens (including phenoxy) is 2. The highest BCUT2D eigenvalue weighted by atomic mass is 16.7. The van der Waals surface area contributed by atoms with E-state index in [4.69, 9.17) is 9.47 Å². The van der Waals surface area contributed by atoms with Crippen molar-refractivity contribution in [2.24, 2.45) is 0 Å². The van der Waals surface area contributed by atoms with Crippen molar-refractivity contribution in [2.45, 2.75) is 255 Å². The van der Waals surface area contributed by atoms with Gasteiger partial charge in [-0.2, -0.15) is 0 Å². The molecule has 352 valence electrons. The van der Waals surface area contributed by atoms with Crippen LogP contribution in [0, 0.1) is 0 Å². The molecule has 0 aromatic carbocycles. The van der Waals surface area contributed by atoms with Crippen molar-refractivity contribution in [1.29, 1.82) is 0 Å². The summed E-state index contributed by atoms with van der Waals surface area (Å²) in [6, 6.07) is -1.19. The molecule has 11 nitrogen and oxygen atoms in total. The van der Waals surface area contributed by atoms with E-state index in [-0.39, 0.29) is 12.8 Å². The number of amides is 1. The Morgan fingerprint density at radius 3 is 1.58 bits per heavy atom. The summed E-state index contributed by atoms with van der Waals surface area (Å²) in [5.74, 6) is -0.716. The molecule has 9 unspecified atom stereocenters. The molecule has 0 aromatic rings. The van der Waals surface area contributed by atoms with Gasteiger partial charge < -0.3 is 50.5 Å². The molecule has 0 radical (unpaired) electrons. The fourth-order valence-corrected chi connectivity index (χ4v) is 7.69. The van der Waals surface area contributed by atoms with E-state index in [9.17, 15) is 40.5 Å². The maximum Gasteiger partial charge on any atom is 0.249 e. The minimum absolute atomic E-state index is 0.242. The van der Waals surface area contributed by atoms with E-state index < -0.39 is 74.2 Å². The van der Waals surface area contributed by atoms with Crippen LogP contribution < -0.4 is 5.32 Å². The van der Waals surface area contributed by atoms with E-state index in [1.165, 1.54) is 122 Å². The first-order chi connectivity index (χ1) is 29.2. The van der Waals surface area contributed by atoms with Crippen LogP contribution in [0.25, 0.3) is 0 Å². The zero-order chi connectivity index (χ0) is 44.1. The molecule has 0 saturated carbocycles. The second kappa shape index (κ2) is 39.0. The van der Waals surface area contributed by atoms with Gasteiger partial charge in [0.25, 0.3) is 0 Å². The molecule has 60 heavy (non-hydrogen) atoms. The number of aliphatic hydroxyl groups is 7. The summed E-state index contributed by atoms with van der Waals surface area (Å²) in [6.07, 6.45) is 34.0. The molecule has 1 heterocycles. The van der Waals surface area contributed by atoms with Gasteiger partial charge in [0.15, 0.2) is 6.29 Å². The van der Waals surface area contributed by atoms with Crippen molar-refractivity contribution < 1.29 is 50.0 Å². The van der Waals surface area contributed by atoms with Crippen molar-refractivity contribution in [3.63, 3.8) is 0 Å². The number of carbonyl (C=O) groups is 1. The highest BCUT2D eigenvalue weighted by Crippen LogP contribution is 2.23. The second-order valence-corrected chi connectivity index (χ2v) is 17.2. The number of allylic oxidation sites excluding steroid dienone is 6. The molecule has 0 bridgehead atoms. The predicted molar refractivity (Wildman–Crippen MR) is 242 cm³/mol. The molecule has 1 aliphatic rings. The average Bonchev–Trinajstić information content (AvgIpc) is 3.25. The minimum Gasteiger partial charge on any atom is -0.394 e. The Kier molecular flexibility index (Phi) is 36.6. The van der Waals surface area contributed by atoms with E-state index in [2.05, 4.69) is 36.5 Å². The number of nitrogens with one attached hydrogen (secondary N) is 1. The van der Waals surface area contributed by atoms with E-state index in [1.54, 1.807) is 0 Å². The highest BCUT2D eigenvalue weighted by molar-refractivity contribution is 5.80. The molecule has 1 saturated heterocycles. The van der Waals surface area contributed by atoms with Gasteiger partial charge in [-0.25, -0.2) is 0 Å². The van der Waals surface area contributed by atoms with Crippen LogP contribution in [0.3, 0.4) is 0 Å². The Bertz CT molecular complexity index is 1070. The molecule has 1 aliphatic heterocycles. The molecular weight excluding hydrogens is 763 g/mol. The summed E-state index contributed by atoms with van der Waals surface area (Å²) in [7, 11) is 0. The van der Waals surface area contributed by atoms with Gasteiger partial charge in [0.2, 0.25) is 5.91 Å². The first-order valence-electron chi connectivity index (χ1n) is 24.4. The lowest BCUT2D eigenvalue weighted by atomic mass is 9.98. The summed E-state index contributed by atoms with van der Waals surface area (Å²) < 4.78 is 11.0. The Labute approximate surface area is 365 Å². The van der Waals surface area contributed by atoms with Crippen LogP contribution in [0.5, 0.6) is 0 Å². The maximum absolute atomic E-state index is 13.0. The summed E-state index contributed by atoms with van der Waals surface area (Å²) in [5.41, 5.74) is 0. The number of unbranched alkanes of at least 4 members (excludes halogenated alkanes) is 23. The van der Waals surface area contributed by atoms with Crippen molar-refractivity contribution >= 4 is 5.91 Å². The number of hydrogen-bond acceptors (Lipinski definition) is 10. The minimum atomic E-state index is -1.67. The third-order valence-corrected chi connectivity index (χ3v) is 11.7. The number of rotatable bonds is 40.